The number of hydrogen-bond donors (Lipinski definition) is 1. The van der Waals surface area contributed by atoms with Crippen molar-refractivity contribution in [3.63, 3.8) is 0 Å². The first-order chi connectivity index (χ1) is 13.0. The summed E-state index contributed by atoms with van der Waals surface area (Å²) in [7, 11) is 0. The van der Waals surface area contributed by atoms with Crippen molar-refractivity contribution < 1.29 is 9.53 Å². The SMILES string of the molecule is CCOc1ccc(NC(=O)CN2CCC(Cn3nc(C)cc3C)CC2)cc1. The van der Waals surface area contributed by atoms with Gasteiger partial charge in [-0.2, -0.15) is 5.10 Å². The molecule has 146 valence electrons. The summed E-state index contributed by atoms with van der Waals surface area (Å²) in [5.41, 5.74) is 3.11. The Morgan fingerprint density at radius 3 is 2.52 bits per heavy atom. The Bertz CT molecular complexity index is 746. The number of benzene rings is 1. The summed E-state index contributed by atoms with van der Waals surface area (Å²) in [6.45, 7) is 10.1. The summed E-state index contributed by atoms with van der Waals surface area (Å²) in [5, 5.41) is 7.54. The van der Waals surface area contributed by atoms with Gasteiger partial charge in [-0.3, -0.25) is 14.4 Å². The normalized spacial score (nSPS) is 15.7. The monoisotopic (exact) mass is 370 g/mol. The fourth-order valence-corrected chi connectivity index (χ4v) is 3.64. The van der Waals surface area contributed by atoms with E-state index in [-0.39, 0.29) is 5.91 Å². The van der Waals surface area contributed by atoms with Crippen molar-refractivity contribution in [1.29, 1.82) is 0 Å². The molecule has 0 saturated carbocycles. The molecule has 0 atom stereocenters. The average molecular weight is 370 g/mol. The van der Waals surface area contributed by atoms with E-state index in [1.165, 1.54) is 5.69 Å². The van der Waals surface area contributed by atoms with Crippen LogP contribution in [0, 0.1) is 19.8 Å². The zero-order valence-electron chi connectivity index (χ0n) is 16.6. The molecule has 1 aromatic carbocycles. The minimum atomic E-state index is 0.0381. The third kappa shape index (κ3) is 5.57. The number of nitrogens with one attached hydrogen (secondary N) is 1. The predicted octanol–water partition coefficient (Wildman–Crippen LogP) is 3.25. The number of anilines is 1. The van der Waals surface area contributed by atoms with E-state index in [0.717, 1.165) is 49.6 Å². The highest BCUT2D eigenvalue weighted by molar-refractivity contribution is 5.92. The minimum Gasteiger partial charge on any atom is -0.494 e. The Labute approximate surface area is 161 Å². The lowest BCUT2D eigenvalue weighted by Crippen LogP contribution is -2.40. The second-order valence-electron chi connectivity index (χ2n) is 7.33. The fraction of sp³-hybridized carbons (Fsp3) is 0.524. The number of likely N-dealkylation sites (tertiary alicyclic amines) is 1. The van der Waals surface area contributed by atoms with Gasteiger partial charge in [0.05, 0.1) is 18.8 Å². The number of rotatable bonds is 7. The minimum absolute atomic E-state index is 0.0381. The number of ether oxygens (including phenoxy) is 1. The summed E-state index contributed by atoms with van der Waals surface area (Å²) < 4.78 is 7.54. The van der Waals surface area contributed by atoms with Gasteiger partial charge in [-0.15, -0.1) is 0 Å². The van der Waals surface area contributed by atoms with E-state index < -0.39 is 0 Å². The Kier molecular flexibility index (Phi) is 6.50. The molecule has 1 amide bonds. The van der Waals surface area contributed by atoms with Crippen LogP contribution in [0.25, 0.3) is 0 Å². The molecule has 0 radical (unpaired) electrons. The number of piperidine rings is 1. The van der Waals surface area contributed by atoms with Crippen LogP contribution in [0.4, 0.5) is 5.69 Å². The summed E-state index contributed by atoms with van der Waals surface area (Å²) in [4.78, 5) is 14.6. The quantitative estimate of drug-likeness (QED) is 0.813. The standard InChI is InChI=1S/C21H30N4O2/c1-4-27-20-7-5-19(6-8-20)22-21(26)15-24-11-9-18(10-12-24)14-25-17(3)13-16(2)23-25/h5-8,13,18H,4,9-12,14-15H2,1-3H3,(H,22,26). The Morgan fingerprint density at radius 1 is 1.22 bits per heavy atom. The van der Waals surface area contributed by atoms with E-state index >= 15 is 0 Å². The van der Waals surface area contributed by atoms with E-state index in [1.807, 2.05) is 38.1 Å². The topological polar surface area (TPSA) is 59.4 Å². The van der Waals surface area contributed by atoms with Gasteiger partial charge in [-0.25, -0.2) is 0 Å². The molecule has 1 fully saturated rings. The van der Waals surface area contributed by atoms with Crippen LogP contribution in [0.3, 0.4) is 0 Å². The van der Waals surface area contributed by atoms with Gasteiger partial charge in [0.2, 0.25) is 5.91 Å². The van der Waals surface area contributed by atoms with Crippen LogP contribution in [0.5, 0.6) is 5.75 Å². The van der Waals surface area contributed by atoms with Crippen LogP contribution < -0.4 is 10.1 Å². The summed E-state index contributed by atoms with van der Waals surface area (Å²) in [6, 6.07) is 9.64. The van der Waals surface area contributed by atoms with Gasteiger partial charge in [0.1, 0.15) is 5.75 Å². The van der Waals surface area contributed by atoms with E-state index in [2.05, 4.69) is 33.0 Å². The molecular weight excluding hydrogens is 340 g/mol. The smallest absolute Gasteiger partial charge is 0.238 e. The molecule has 2 aromatic rings. The van der Waals surface area contributed by atoms with E-state index in [1.54, 1.807) is 0 Å². The van der Waals surface area contributed by atoms with Gasteiger partial charge in [0, 0.05) is 17.9 Å². The number of carbonyl (C=O) groups is 1. The molecule has 3 rings (SSSR count). The number of amides is 1. The molecule has 1 N–H and O–H groups in total. The highest BCUT2D eigenvalue weighted by atomic mass is 16.5. The molecule has 1 aliphatic heterocycles. The number of nitrogens with zero attached hydrogens (tertiary/aromatic N) is 3. The van der Waals surface area contributed by atoms with Crippen LogP contribution in [0.15, 0.2) is 30.3 Å². The molecule has 1 aromatic heterocycles. The van der Waals surface area contributed by atoms with Crippen molar-refractivity contribution in [2.24, 2.45) is 5.92 Å². The molecule has 0 unspecified atom stereocenters. The fourth-order valence-electron chi connectivity index (χ4n) is 3.64. The number of hydrogen-bond acceptors (Lipinski definition) is 4. The molecule has 0 bridgehead atoms. The number of carbonyl (C=O) groups excluding carboxylic acids is 1. The van der Waals surface area contributed by atoms with Crippen molar-refractivity contribution in [3.05, 3.63) is 41.7 Å². The molecule has 2 heterocycles. The lowest BCUT2D eigenvalue weighted by Gasteiger charge is -2.31. The molecule has 1 saturated heterocycles. The van der Waals surface area contributed by atoms with Gasteiger partial charge in [0.15, 0.2) is 0 Å². The maximum atomic E-state index is 12.3. The summed E-state index contributed by atoms with van der Waals surface area (Å²) in [6.07, 6.45) is 2.21. The lowest BCUT2D eigenvalue weighted by molar-refractivity contribution is -0.117. The molecule has 6 nitrogen and oxygen atoms in total. The zero-order valence-corrected chi connectivity index (χ0v) is 16.6. The highest BCUT2D eigenvalue weighted by Gasteiger charge is 2.22. The molecule has 27 heavy (non-hydrogen) atoms. The van der Waals surface area contributed by atoms with Crippen molar-refractivity contribution in [1.82, 2.24) is 14.7 Å². The van der Waals surface area contributed by atoms with E-state index in [9.17, 15) is 4.79 Å². The van der Waals surface area contributed by atoms with Crippen LogP contribution >= 0.6 is 0 Å². The van der Waals surface area contributed by atoms with Crippen LogP contribution in [-0.2, 0) is 11.3 Å². The maximum absolute atomic E-state index is 12.3. The number of aromatic nitrogens is 2. The van der Waals surface area contributed by atoms with Crippen molar-refractivity contribution in [2.45, 2.75) is 40.2 Å². The molecule has 0 spiro atoms. The van der Waals surface area contributed by atoms with Crippen LogP contribution in [0.1, 0.15) is 31.2 Å². The van der Waals surface area contributed by atoms with Crippen molar-refractivity contribution >= 4 is 11.6 Å². The first kappa shape index (κ1) is 19.4. The third-order valence-electron chi connectivity index (χ3n) is 5.06. The molecule has 1 aliphatic rings. The molecular formula is C21H30N4O2. The second-order valence-corrected chi connectivity index (χ2v) is 7.33. The first-order valence-electron chi connectivity index (χ1n) is 9.79. The number of aryl methyl sites for hydroxylation is 2. The Morgan fingerprint density at radius 2 is 1.93 bits per heavy atom. The van der Waals surface area contributed by atoms with Gasteiger partial charge < -0.3 is 10.1 Å². The second kappa shape index (κ2) is 9.04. The van der Waals surface area contributed by atoms with Gasteiger partial charge in [-0.1, -0.05) is 0 Å². The molecule has 0 aliphatic carbocycles. The molecule has 6 heteroatoms. The predicted molar refractivity (Wildman–Crippen MR) is 107 cm³/mol. The van der Waals surface area contributed by atoms with Gasteiger partial charge >= 0.3 is 0 Å². The van der Waals surface area contributed by atoms with Gasteiger partial charge in [0.25, 0.3) is 0 Å². The largest absolute Gasteiger partial charge is 0.494 e. The average Bonchev–Trinajstić information content (AvgIpc) is 2.95. The van der Waals surface area contributed by atoms with Crippen molar-refractivity contribution in [3.8, 4) is 5.75 Å². The zero-order chi connectivity index (χ0) is 19.2. The summed E-state index contributed by atoms with van der Waals surface area (Å²) >= 11 is 0. The Hall–Kier alpha value is -2.34. The van der Waals surface area contributed by atoms with E-state index in [4.69, 9.17) is 4.74 Å². The lowest BCUT2D eigenvalue weighted by atomic mass is 9.97. The highest BCUT2D eigenvalue weighted by Crippen LogP contribution is 2.20. The Balaban J connectivity index is 1.41. The van der Waals surface area contributed by atoms with Crippen LogP contribution in [0.2, 0.25) is 0 Å². The maximum Gasteiger partial charge on any atom is 0.238 e. The van der Waals surface area contributed by atoms with Gasteiger partial charge in [-0.05, 0) is 83.0 Å². The van der Waals surface area contributed by atoms with Crippen LogP contribution in [-0.4, -0.2) is 46.8 Å². The summed E-state index contributed by atoms with van der Waals surface area (Å²) in [5.74, 6) is 1.49. The third-order valence-corrected chi connectivity index (χ3v) is 5.06. The first-order valence-corrected chi connectivity index (χ1v) is 9.79. The van der Waals surface area contributed by atoms with Crippen molar-refractivity contribution in [2.75, 3.05) is 31.6 Å². The van der Waals surface area contributed by atoms with E-state index in [0.29, 0.717) is 19.1 Å².